The summed E-state index contributed by atoms with van der Waals surface area (Å²) >= 11 is 0. The monoisotopic (exact) mass is 268 g/mol. The van der Waals surface area contributed by atoms with Crippen LogP contribution in [0.5, 0.6) is 11.5 Å². The number of nitrogens with zero attached hydrogens (tertiary/aromatic N) is 2. The summed E-state index contributed by atoms with van der Waals surface area (Å²) in [6.45, 7) is 1.89. The summed E-state index contributed by atoms with van der Waals surface area (Å²) in [6, 6.07) is 11.7. The number of hydrogen-bond donors (Lipinski definition) is 2. The molecule has 2 N–H and O–H groups in total. The first-order valence-electron chi connectivity index (χ1n) is 6.06. The van der Waals surface area contributed by atoms with Gasteiger partial charge in [0, 0.05) is 5.56 Å². The lowest BCUT2D eigenvalue weighted by Gasteiger charge is -1.99. The molecule has 100 valence electrons. The van der Waals surface area contributed by atoms with Gasteiger partial charge in [0.25, 0.3) is 5.89 Å². The molecule has 0 unspecified atom stereocenters. The van der Waals surface area contributed by atoms with E-state index in [9.17, 15) is 10.2 Å². The van der Waals surface area contributed by atoms with E-state index in [2.05, 4.69) is 10.1 Å². The molecule has 2 aromatic carbocycles. The molecule has 3 aromatic rings. The van der Waals surface area contributed by atoms with Crippen molar-refractivity contribution in [1.82, 2.24) is 10.1 Å². The number of phenols is 2. The van der Waals surface area contributed by atoms with Crippen LogP contribution in [0.3, 0.4) is 0 Å². The predicted octanol–water partition coefficient (Wildman–Crippen LogP) is 3.12. The average Bonchev–Trinajstić information content (AvgIpc) is 2.89. The Kier molecular flexibility index (Phi) is 2.87. The van der Waals surface area contributed by atoms with E-state index >= 15 is 0 Å². The Labute approximate surface area is 115 Å². The molecule has 0 aliphatic carbocycles. The first-order chi connectivity index (χ1) is 9.63. The molecule has 0 saturated heterocycles. The Hall–Kier alpha value is -2.82. The number of aromatic nitrogens is 2. The molecule has 5 heteroatoms. The van der Waals surface area contributed by atoms with Crippen LogP contribution in [0.1, 0.15) is 5.56 Å². The van der Waals surface area contributed by atoms with Crippen LogP contribution in [-0.4, -0.2) is 20.4 Å². The summed E-state index contributed by atoms with van der Waals surface area (Å²) < 4.78 is 5.17. The Morgan fingerprint density at radius 1 is 1.00 bits per heavy atom. The normalized spacial score (nSPS) is 10.7. The molecule has 0 bridgehead atoms. The molecule has 0 amide bonds. The van der Waals surface area contributed by atoms with Crippen LogP contribution in [-0.2, 0) is 0 Å². The van der Waals surface area contributed by atoms with E-state index in [1.165, 1.54) is 0 Å². The van der Waals surface area contributed by atoms with Crippen LogP contribution in [0.2, 0.25) is 0 Å². The largest absolute Gasteiger partial charge is 0.508 e. The molecule has 20 heavy (non-hydrogen) atoms. The maximum Gasteiger partial charge on any atom is 0.261 e. The van der Waals surface area contributed by atoms with E-state index in [0.717, 1.165) is 11.1 Å². The number of hydrogen-bond acceptors (Lipinski definition) is 5. The summed E-state index contributed by atoms with van der Waals surface area (Å²) in [6.07, 6.45) is 0. The van der Waals surface area contributed by atoms with Crippen molar-refractivity contribution >= 4 is 0 Å². The van der Waals surface area contributed by atoms with Gasteiger partial charge in [0.15, 0.2) is 0 Å². The van der Waals surface area contributed by atoms with Gasteiger partial charge in [0.1, 0.15) is 11.5 Å². The summed E-state index contributed by atoms with van der Waals surface area (Å²) in [7, 11) is 0. The van der Waals surface area contributed by atoms with Gasteiger partial charge in [-0.1, -0.05) is 11.2 Å². The van der Waals surface area contributed by atoms with Crippen molar-refractivity contribution in [3.8, 4) is 34.3 Å². The van der Waals surface area contributed by atoms with Gasteiger partial charge < -0.3 is 14.7 Å². The molecule has 1 aromatic heterocycles. The van der Waals surface area contributed by atoms with E-state index in [1.54, 1.807) is 36.4 Å². The zero-order valence-corrected chi connectivity index (χ0v) is 10.7. The highest BCUT2D eigenvalue weighted by atomic mass is 16.5. The number of benzene rings is 2. The maximum atomic E-state index is 9.90. The second-order valence-corrected chi connectivity index (χ2v) is 4.49. The molecule has 0 fully saturated rings. The van der Waals surface area contributed by atoms with E-state index in [0.29, 0.717) is 11.4 Å². The topological polar surface area (TPSA) is 79.4 Å². The Morgan fingerprint density at radius 3 is 2.45 bits per heavy atom. The fraction of sp³-hybridized carbons (Fsp3) is 0.0667. The third kappa shape index (κ3) is 2.21. The van der Waals surface area contributed by atoms with Crippen LogP contribution in [0.25, 0.3) is 22.8 Å². The summed E-state index contributed by atoms with van der Waals surface area (Å²) in [5, 5.41) is 23.0. The highest BCUT2D eigenvalue weighted by Gasteiger charge is 2.13. The molecule has 0 aliphatic rings. The van der Waals surface area contributed by atoms with Gasteiger partial charge in [-0.05, 0) is 48.9 Å². The minimum atomic E-state index is 0.103. The SMILES string of the molecule is Cc1ccc(-c2nc(-c3ccc(O)cc3)no2)c(O)c1. The molecule has 0 saturated carbocycles. The summed E-state index contributed by atoms with van der Waals surface area (Å²) in [5.74, 6) is 0.935. The standard InChI is InChI=1S/C15H12N2O3/c1-9-2-7-12(13(19)8-9)15-16-14(17-20-15)10-3-5-11(18)6-4-10/h2-8,18-19H,1H3. The number of phenolic OH excluding ortho intramolecular Hbond substituents is 2. The van der Waals surface area contributed by atoms with E-state index in [-0.39, 0.29) is 17.4 Å². The van der Waals surface area contributed by atoms with Gasteiger partial charge in [0.05, 0.1) is 5.56 Å². The van der Waals surface area contributed by atoms with Crippen LogP contribution >= 0.6 is 0 Å². The lowest BCUT2D eigenvalue weighted by atomic mass is 10.1. The maximum absolute atomic E-state index is 9.90. The lowest BCUT2D eigenvalue weighted by molar-refractivity contribution is 0.425. The van der Waals surface area contributed by atoms with Crippen molar-refractivity contribution in [3.63, 3.8) is 0 Å². The van der Waals surface area contributed by atoms with Crippen molar-refractivity contribution in [2.24, 2.45) is 0 Å². The Morgan fingerprint density at radius 2 is 1.75 bits per heavy atom. The Balaban J connectivity index is 1.99. The van der Waals surface area contributed by atoms with Gasteiger partial charge in [-0.2, -0.15) is 4.98 Å². The van der Waals surface area contributed by atoms with E-state index in [4.69, 9.17) is 4.52 Å². The van der Waals surface area contributed by atoms with Gasteiger partial charge in [-0.15, -0.1) is 0 Å². The number of rotatable bonds is 2. The molecule has 0 atom stereocenters. The first kappa shape index (κ1) is 12.2. The van der Waals surface area contributed by atoms with Crippen LogP contribution < -0.4 is 0 Å². The highest BCUT2D eigenvalue weighted by Crippen LogP contribution is 2.30. The fourth-order valence-corrected chi connectivity index (χ4v) is 1.88. The summed E-state index contributed by atoms with van der Waals surface area (Å²) in [5.41, 5.74) is 2.17. The smallest absolute Gasteiger partial charge is 0.261 e. The molecule has 3 rings (SSSR count). The quantitative estimate of drug-likeness (QED) is 0.746. The molecule has 5 nitrogen and oxygen atoms in total. The molecule has 0 aliphatic heterocycles. The number of aryl methyl sites for hydroxylation is 1. The zero-order valence-electron chi connectivity index (χ0n) is 10.7. The molecule has 0 spiro atoms. The van der Waals surface area contributed by atoms with Crippen molar-refractivity contribution < 1.29 is 14.7 Å². The van der Waals surface area contributed by atoms with Gasteiger partial charge >= 0.3 is 0 Å². The third-order valence-corrected chi connectivity index (χ3v) is 2.94. The van der Waals surface area contributed by atoms with Crippen molar-refractivity contribution in [2.45, 2.75) is 6.92 Å². The van der Waals surface area contributed by atoms with Gasteiger partial charge in [-0.3, -0.25) is 0 Å². The Bertz CT molecular complexity index is 748. The predicted molar refractivity (Wildman–Crippen MR) is 73.2 cm³/mol. The van der Waals surface area contributed by atoms with E-state index < -0.39 is 0 Å². The average molecular weight is 268 g/mol. The van der Waals surface area contributed by atoms with Crippen molar-refractivity contribution in [2.75, 3.05) is 0 Å². The minimum Gasteiger partial charge on any atom is -0.508 e. The van der Waals surface area contributed by atoms with Gasteiger partial charge in [0.2, 0.25) is 5.82 Å². The minimum absolute atomic E-state index is 0.103. The van der Waals surface area contributed by atoms with Crippen molar-refractivity contribution in [1.29, 1.82) is 0 Å². The van der Waals surface area contributed by atoms with Crippen LogP contribution in [0, 0.1) is 6.92 Å². The molecule has 1 heterocycles. The fourth-order valence-electron chi connectivity index (χ4n) is 1.88. The van der Waals surface area contributed by atoms with Crippen LogP contribution in [0.4, 0.5) is 0 Å². The lowest BCUT2D eigenvalue weighted by Crippen LogP contribution is -1.82. The first-order valence-corrected chi connectivity index (χ1v) is 6.06. The second kappa shape index (κ2) is 4.70. The molecular formula is C15H12N2O3. The van der Waals surface area contributed by atoms with E-state index in [1.807, 2.05) is 13.0 Å². The molecule has 0 radical (unpaired) electrons. The third-order valence-electron chi connectivity index (χ3n) is 2.94. The van der Waals surface area contributed by atoms with Crippen molar-refractivity contribution in [3.05, 3.63) is 48.0 Å². The van der Waals surface area contributed by atoms with Crippen LogP contribution in [0.15, 0.2) is 47.0 Å². The second-order valence-electron chi connectivity index (χ2n) is 4.49. The number of aromatic hydroxyl groups is 2. The summed E-state index contributed by atoms with van der Waals surface area (Å²) in [4.78, 5) is 4.25. The zero-order chi connectivity index (χ0) is 14.1. The highest BCUT2D eigenvalue weighted by molar-refractivity contribution is 5.65. The van der Waals surface area contributed by atoms with Gasteiger partial charge in [-0.25, -0.2) is 0 Å². The molecular weight excluding hydrogens is 256 g/mol.